The number of nitrogen functional groups attached to an aromatic ring is 1. The molecule has 1 aromatic heterocycles. The molecule has 0 aliphatic heterocycles. The third-order valence-corrected chi connectivity index (χ3v) is 2.78. The van der Waals surface area contributed by atoms with Gasteiger partial charge in [0.05, 0.1) is 24.7 Å². The maximum atomic E-state index is 11.8. The highest BCUT2D eigenvalue weighted by molar-refractivity contribution is 5.88. The van der Waals surface area contributed by atoms with Gasteiger partial charge in [-0.15, -0.1) is 0 Å². The minimum absolute atomic E-state index is 0.493. The number of anilines is 2. The molecule has 1 heterocycles. The summed E-state index contributed by atoms with van der Waals surface area (Å²) in [6.07, 6.45) is 0.990. The highest BCUT2D eigenvalue weighted by Gasteiger charge is 2.17. The summed E-state index contributed by atoms with van der Waals surface area (Å²) < 4.78 is 10.5. The number of H-pyrrole nitrogens is 1. The number of amides is 1. The van der Waals surface area contributed by atoms with Gasteiger partial charge in [-0.1, -0.05) is 0 Å². The Morgan fingerprint density at radius 2 is 2.09 bits per heavy atom. The quantitative estimate of drug-likeness (QED) is 0.809. The van der Waals surface area contributed by atoms with E-state index < -0.39 is 11.7 Å². The topological polar surface area (TPSA) is 102 Å². The molecule has 2 aromatic rings. The number of hydrogen-bond acceptors (Lipinski definition) is 5. The lowest BCUT2D eigenvalue weighted by molar-refractivity contribution is 0.0636. The molecule has 22 heavy (non-hydrogen) atoms. The molecule has 2 rings (SSSR count). The summed E-state index contributed by atoms with van der Waals surface area (Å²) in [7, 11) is 1.56. The second-order valence-electron chi connectivity index (χ2n) is 5.74. The average molecular weight is 304 g/mol. The van der Waals surface area contributed by atoms with E-state index in [1.807, 2.05) is 0 Å². The van der Waals surface area contributed by atoms with E-state index in [0.717, 1.165) is 0 Å². The zero-order valence-electron chi connectivity index (χ0n) is 13.1. The van der Waals surface area contributed by atoms with Gasteiger partial charge in [0.1, 0.15) is 11.4 Å². The largest absolute Gasteiger partial charge is 0.496 e. The van der Waals surface area contributed by atoms with Crippen LogP contribution in [0.5, 0.6) is 5.75 Å². The van der Waals surface area contributed by atoms with E-state index >= 15 is 0 Å². The molecule has 7 heteroatoms. The molecule has 0 bridgehead atoms. The number of rotatable bonds is 3. The van der Waals surface area contributed by atoms with Gasteiger partial charge in [-0.05, 0) is 39.0 Å². The van der Waals surface area contributed by atoms with Crippen molar-refractivity contribution >= 4 is 17.5 Å². The van der Waals surface area contributed by atoms with Crippen molar-refractivity contribution in [2.75, 3.05) is 18.2 Å². The van der Waals surface area contributed by atoms with Gasteiger partial charge in [-0.25, -0.2) is 4.79 Å². The van der Waals surface area contributed by atoms with E-state index in [1.165, 1.54) is 6.20 Å². The second kappa shape index (κ2) is 5.97. The molecule has 0 fully saturated rings. The first-order valence-electron chi connectivity index (χ1n) is 6.77. The lowest BCUT2D eigenvalue weighted by Crippen LogP contribution is -2.27. The van der Waals surface area contributed by atoms with Crippen molar-refractivity contribution in [3.63, 3.8) is 0 Å². The number of carbonyl (C=O) groups excluding carboxylic acids is 1. The molecule has 0 saturated carbocycles. The van der Waals surface area contributed by atoms with Crippen molar-refractivity contribution in [2.24, 2.45) is 0 Å². The van der Waals surface area contributed by atoms with Gasteiger partial charge in [0.25, 0.3) is 0 Å². The van der Waals surface area contributed by atoms with Crippen LogP contribution in [0.3, 0.4) is 0 Å². The van der Waals surface area contributed by atoms with E-state index in [0.29, 0.717) is 28.4 Å². The molecular weight excluding hydrogens is 284 g/mol. The predicted molar refractivity (Wildman–Crippen MR) is 84.8 cm³/mol. The number of nitrogens with one attached hydrogen (secondary N) is 2. The van der Waals surface area contributed by atoms with Crippen LogP contribution < -0.4 is 15.8 Å². The first-order chi connectivity index (χ1) is 10.3. The van der Waals surface area contributed by atoms with Gasteiger partial charge < -0.3 is 15.2 Å². The molecule has 0 radical (unpaired) electrons. The van der Waals surface area contributed by atoms with E-state index in [1.54, 1.807) is 46.1 Å². The van der Waals surface area contributed by atoms with E-state index in [4.69, 9.17) is 15.2 Å². The molecule has 0 unspecified atom stereocenters. The Bertz CT molecular complexity index is 674. The number of aromatic nitrogens is 2. The minimum atomic E-state index is -0.562. The van der Waals surface area contributed by atoms with Crippen LogP contribution in [0, 0.1) is 0 Å². The van der Waals surface area contributed by atoms with Gasteiger partial charge in [0.2, 0.25) is 0 Å². The molecule has 7 nitrogen and oxygen atoms in total. The van der Waals surface area contributed by atoms with Gasteiger partial charge in [-0.3, -0.25) is 10.4 Å². The van der Waals surface area contributed by atoms with Crippen LogP contribution in [0.2, 0.25) is 0 Å². The Morgan fingerprint density at radius 3 is 2.64 bits per heavy atom. The van der Waals surface area contributed by atoms with Crippen molar-refractivity contribution in [1.29, 1.82) is 0 Å². The molecular formula is C15H20N4O3. The molecule has 0 saturated heterocycles. The van der Waals surface area contributed by atoms with Crippen molar-refractivity contribution in [3.8, 4) is 17.0 Å². The zero-order chi connectivity index (χ0) is 16.3. The molecule has 4 N–H and O–H groups in total. The van der Waals surface area contributed by atoms with Gasteiger partial charge in [0, 0.05) is 11.3 Å². The van der Waals surface area contributed by atoms with E-state index in [2.05, 4.69) is 15.5 Å². The van der Waals surface area contributed by atoms with Gasteiger partial charge in [0.15, 0.2) is 0 Å². The summed E-state index contributed by atoms with van der Waals surface area (Å²) in [4.78, 5) is 11.8. The molecule has 0 atom stereocenters. The summed E-state index contributed by atoms with van der Waals surface area (Å²) in [6.45, 7) is 5.41. The summed E-state index contributed by atoms with van der Waals surface area (Å²) in [6, 6.07) is 5.20. The number of carbonyl (C=O) groups is 1. The highest BCUT2D eigenvalue weighted by Crippen LogP contribution is 2.34. The molecule has 118 valence electrons. The lowest BCUT2D eigenvalue weighted by atomic mass is 10.1. The fraction of sp³-hybridized carbons (Fsp3) is 0.333. The first kappa shape index (κ1) is 15.7. The number of benzene rings is 1. The minimum Gasteiger partial charge on any atom is -0.496 e. The molecule has 0 aliphatic rings. The number of ether oxygens (including phenoxy) is 2. The standard InChI is InChI=1S/C15H20N4O3/c1-15(2,3)22-14(20)18-9-5-6-12(21-4)10(7-9)13-11(16)8-17-19-13/h5-8H,16H2,1-4H3,(H,17,19)(H,18,20). The highest BCUT2D eigenvalue weighted by atomic mass is 16.6. The Hall–Kier alpha value is -2.70. The maximum absolute atomic E-state index is 11.8. The van der Waals surface area contributed by atoms with E-state index in [-0.39, 0.29) is 0 Å². The van der Waals surface area contributed by atoms with Crippen LogP contribution in [-0.2, 0) is 4.74 Å². The number of aromatic amines is 1. The Morgan fingerprint density at radius 1 is 1.36 bits per heavy atom. The Labute approximate surface area is 128 Å². The SMILES string of the molecule is COc1ccc(NC(=O)OC(C)(C)C)cc1-c1[nH]ncc1N. The van der Waals surface area contributed by atoms with E-state index in [9.17, 15) is 4.79 Å². The summed E-state index contributed by atoms with van der Waals surface area (Å²) >= 11 is 0. The fourth-order valence-corrected chi connectivity index (χ4v) is 1.91. The van der Waals surface area contributed by atoms with Crippen LogP contribution in [0.4, 0.5) is 16.2 Å². The summed E-state index contributed by atoms with van der Waals surface area (Å²) in [5.41, 5.74) is 7.70. The Balaban J connectivity index is 2.28. The second-order valence-corrected chi connectivity index (χ2v) is 5.74. The zero-order valence-corrected chi connectivity index (χ0v) is 13.1. The summed E-state index contributed by atoms with van der Waals surface area (Å²) in [5, 5.41) is 9.39. The van der Waals surface area contributed by atoms with Crippen LogP contribution in [-0.4, -0.2) is 29.0 Å². The lowest BCUT2D eigenvalue weighted by Gasteiger charge is -2.20. The fourth-order valence-electron chi connectivity index (χ4n) is 1.91. The predicted octanol–water partition coefficient (Wildman–Crippen LogP) is 3.01. The third kappa shape index (κ3) is 3.69. The van der Waals surface area contributed by atoms with Gasteiger partial charge in [-0.2, -0.15) is 5.10 Å². The molecule has 1 aromatic carbocycles. The van der Waals surface area contributed by atoms with Crippen molar-refractivity contribution in [1.82, 2.24) is 10.2 Å². The number of methoxy groups -OCH3 is 1. The molecule has 0 aliphatic carbocycles. The summed E-state index contributed by atoms with van der Waals surface area (Å²) in [5.74, 6) is 0.616. The monoisotopic (exact) mass is 304 g/mol. The smallest absolute Gasteiger partial charge is 0.412 e. The number of nitrogens with two attached hydrogens (primary N) is 1. The van der Waals surface area contributed by atoms with Crippen LogP contribution in [0.25, 0.3) is 11.3 Å². The van der Waals surface area contributed by atoms with Crippen LogP contribution in [0.1, 0.15) is 20.8 Å². The normalized spacial score (nSPS) is 11.1. The Kier molecular flexibility index (Phi) is 4.25. The third-order valence-electron chi connectivity index (χ3n) is 2.78. The molecule has 1 amide bonds. The van der Waals surface area contributed by atoms with Crippen LogP contribution >= 0.6 is 0 Å². The van der Waals surface area contributed by atoms with Gasteiger partial charge >= 0.3 is 6.09 Å². The van der Waals surface area contributed by atoms with Crippen molar-refractivity contribution < 1.29 is 14.3 Å². The van der Waals surface area contributed by atoms with Crippen molar-refractivity contribution in [2.45, 2.75) is 26.4 Å². The molecule has 0 spiro atoms. The number of hydrogen-bond donors (Lipinski definition) is 3. The number of nitrogens with zero attached hydrogens (tertiary/aromatic N) is 1. The first-order valence-corrected chi connectivity index (χ1v) is 6.77. The van der Waals surface area contributed by atoms with Crippen LogP contribution in [0.15, 0.2) is 24.4 Å². The van der Waals surface area contributed by atoms with Crippen molar-refractivity contribution in [3.05, 3.63) is 24.4 Å². The average Bonchev–Trinajstić information content (AvgIpc) is 2.82. The maximum Gasteiger partial charge on any atom is 0.412 e.